The van der Waals surface area contributed by atoms with E-state index in [0.29, 0.717) is 6.54 Å². The monoisotopic (exact) mass is 378 g/mol. The summed E-state index contributed by atoms with van der Waals surface area (Å²) in [5.41, 5.74) is 4.54. The molecule has 146 valence electrons. The van der Waals surface area contributed by atoms with Gasteiger partial charge in [-0.3, -0.25) is 9.69 Å². The second kappa shape index (κ2) is 8.71. The van der Waals surface area contributed by atoms with Gasteiger partial charge in [0.2, 0.25) is 5.91 Å². The molecular formula is C22H26N4O2. The van der Waals surface area contributed by atoms with Crippen LogP contribution in [-0.2, 0) is 11.3 Å². The molecule has 0 saturated heterocycles. The number of likely N-dealkylation sites (N-methyl/N-ethyl adjacent to an activating group) is 1. The van der Waals surface area contributed by atoms with E-state index in [0.717, 1.165) is 34.1 Å². The van der Waals surface area contributed by atoms with Crippen LogP contribution in [-0.4, -0.2) is 41.3 Å². The minimum Gasteiger partial charge on any atom is -0.497 e. The Bertz CT molecular complexity index is 950. The van der Waals surface area contributed by atoms with Crippen LogP contribution < -0.4 is 10.1 Å². The molecule has 3 rings (SSSR count). The van der Waals surface area contributed by atoms with Crippen LogP contribution in [0.15, 0.2) is 54.6 Å². The van der Waals surface area contributed by atoms with Gasteiger partial charge in [-0.2, -0.15) is 5.10 Å². The molecule has 0 aliphatic rings. The van der Waals surface area contributed by atoms with Crippen LogP contribution in [0.25, 0.3) is 5.69 Å². The number of benzene rings is 2. The molecule has 0 fully saturated rings. The summed E-state index contributed by atoms with van der Waals surface area (Å²) in [5, 5.41) is 7.59. The van der Waals surface area contributed by atoms with Crippen molar-refractivity contribution in [1.29, 1.82) is 0 Å². The predicted octanol–water partition coefficient (Wildman–Crippen LogP) is 3.57. The Hall–Kier alpha value is -3.12. The maximum atomic E-state index is 12.6. The maximum absolute atomic E-state index is 12.6. The first-order valence-corrected chi connectivity index (χ1v) is 9.21. The van der Waals surface area contributed by atoms with Crippen LogP contribution in [0.2, 0.25) is 0 Å². The number of hydrogen-bond acceptors (Lipinski definition) is 4. The molecule has 6 heteroatoms. The number of aromatic nitrogens is 2. The van der Waals surface area contributed by atoms with Gasteiger partial charge in [-0.05, 0) is 50.7 Å². The zero-order valence-electron chi connectivity index (χ0n) is 16.8. The van der Waals surface area contributed by atoms with Crippen LogP contribution in [0.3, 0.4) is 0 Å². The number of methoxy groups -OCH3 is 1. The zero-order chi connectivity index (χ0) is 20.1. The molecule has 0 bridgehead atoms. The smallest absolute Gasteiger partial charge is 0.238 e. The van der Waals surface area contributed by atoms with E-state index in [9.17, 15) is 4.79 Å². The van der Waals surface area contributed by atoms with Crippen LogP contribution in [0.4, 0.5) is 5.69 Å². The number of carbonyl (C=O) groups is 1. The lowest BCUT2D eigenvalue weighted by atomic mass is 10.2. The van der Waals surface area contributed by atoms with Crippen LogP contribution in [0.1, 0.15) is 17.0 Å². The fourth-order valence-electron chi connectivity index (χ4n) is 3.21. The highest BCUT2D eigenvalue weighted by atomic mass is 16.5. The van der Waals surface area contributed by atoms with Gasteiger partial charge in [-0.25, -0.2) is 4.68 Å². The van der Waals surface area contributed by atoms with Crippen molar-refractivity contribution in [2.45, 2.75) is 20.4 Å². The summed E-state index contributed by atoms with van der Waals surface area (Å²) < 4.78 is 7.11. The number of nitrogens with zero attached hydrogens (tertiary/aromatic N) is 3. The third-order valence-corrected chi connectivity index (χ3v) is 4.56. The molecule has 2 aromatic carbocycles. The average Bonchev–Trinajstić information content (AvgIpc) is 2.97. The molecule has 1 aromatic heterocycles. The van der Waals surface area contributed by atoms with Crippen molar-refractivity contribution in [3.05, 3.63) is 71.5 Å². The second-order valence-corrected chi connectivity index (χ2v) is 6.87. The number of amides is 1. The lowest BCUT2D eigenvalue weighted by Crippen LogP contribution is -2.30. The average molecular weight is 378 g/mol. The van der Waals surface area contributed by atoms with Crippen molar-refractivity contribution >= 4 is 11.6 Å². The van der Waals surface area contributed by atoms with Gasteiger partial charge in [-0.15, -0.1) is 0 Å². The van der Waals surface area contributed by atoms with Gasteiger partial charge >= 0.3 is 0 Å². The summed E-state index contributed by atoms with van der Waals surface area (Å²) in [4.78, 5) is 14.5. The fraction of sp³-hybridized carbons (Fsp3) is 0.273. The highest BCUT2D eigenvalue weighted by molar-refractivity contribution is 5.93. The molecule has 1 heterocycles. The van der Waals surface area contributed by atoms with E-state index in [1.807, 2.05) is 85.1 Å². The molecule has 0 unspecified atom stereocenters. The number of aryl methyl sites for hydroxylation is 1. The number of ether oxygens (including phenoxy) is 1. The summed E-state index contributed by atoms with van der Waals surface area (Å²) in [6, 6.07) is 17.8. The summed E-state index contributed by atoms with van der Waals surface area (Å²) in [7, 11) is 3.57. The summed E-state index contributed by atoms with van der Waals surface area (Å²) >= 11 is 0. The molecule has 6 nitrogen and oxygen atoms in total. The SMILES string of the molecule is COc1cccc(CN(C)CC(=O)Nc2c(C)nn(-c3ccccc3)c2C)c1. The third kappa shape index (κ3) is 4.58. The van der Waals surface area contributed by atoms with Gasteiger partial charge < -0.3 is 10.1 Å². The lowest BCUT2D eigenvalue weighted by Gasteiger charge is -2.17. The first-order chi connectivity index (χ1) is 13.5. The van der Waals surface area contributed by atoms with Crippen LogP contribution in [0.5, 0.6) is 5.75 Å². The normalized spacial score (nSPS) is 10.9. The van der Waals surface area contributed by atoms with Gasteiger partial charge in [0, 0.05) is 6.54 Å². The van der Waals surface area contributed by atoms with E-state index in [1.54, 1.807) is 7.11 Å². The summed E-state index contributed by atoms with van der Waals surface area (Å²) in [6.45, 7) is 4.81. The number of carbonyl (C=O) groups excluding carboxylic acids is 1. The zero-order valence-corrected chi connectivity index (χ0v) is 16.8. The molecular weight excluding hydrogens is 352 g/mol. The van der Waals surface area contributed by atoms with E-state index < -0.39 is 0 Å². The number of nitrogens with one attached hydrogen (secondary N) is 1. The minimum absolute atomic E-state index is 0.0655. The Morgan fingerprint density at radius 1 is 1.14 bits per heavy atom. The van der Waals surface area contributed by atoms with Crippen molar-refractivity contribution in [3.8, 4) is 11.4 Å². The topological polar surface area (TPSA) is 59.4 Å². The lowest BCUT2D eigenvalue weighted by molar-refractivity contribution is -0.117. The summed E-state index contributed by atoms with van der Waals surface area (Å²) in [6.07, 6.45) is 0. The van der Waals surface area contributed by atoms with Crippen LogP contribution >= 0.6 is 0 Å². The maximum Gasteiger partial charge on any atom is 0.238 e. The third-order valence-electron chi connectivity index (χ3n) is 4.56. The van der Waals surface area contributed by atoms with Gasteiger partial charge in [0.25, 0.3) is 0 Å². The minimum atomic E-state index is -0.0655. The molecule has 0 atom stereocenters. The Labute approximate surface area is 165 Å². The molecule has 0 aliphatic heterocycles. The van der Waals surface area contributed by atoms with Crippen molar-refractivity contribution in [2.75, 3.05) is 26.0 Å². The second-order valence-electron chi connectivity index (χ2n) is 6.87. The first kappa shape index (κ1) is 19.6. The standard InChI is InChI=1S/C22H26N4O2/c1-16-22(17(2)26(24-16)19-10-6-5-7-11-19)23-21(27)15-25(3)14-18-9-8-12-20(13-18)28-4/h5-13H,14-15H2,1-4H3,(H,23,27). The molecule has 0 saturated carbocycles. The van der Waals surface area contributed by atoms with Gasteiger partial charge in [0.05, 0.1) is 36.4 Å². The number of hydrogen-bond donors (Lipinski definition) is 1. The van der Waals surface area contributed by atoms with E-state index >= 15 is 0 Å². The molecule has 0 aliphatic carbocycles. The van der Waals surface area contributed by atoms with E-state index in [4.69, 9.17) is 4.74 Å². The molecule has 0 spiro atoms. The van der Waals surface area contributed by atoms with E-state index in [-0.39, 0.29) is 12.5 Å². The largest absolute Gasteiger partial charge is 0.497 e. The fourth-order valence-corrected chi connectivity index (χ4v) is 3.21. The Kier molecular flexibility index (Phi) is 6.11. The molecule has 28 heavy (non-hydrogen) atoms. The van der Waals surface area contributed by atoms with Crippen molar-refractivity contribution in [2.24, 2.45) is 0 Å². The molecule has 1 amide bonds. The van der Waals surface area contributed by atoms with Gasteiger partial charge in [-0.1, -0.05) is 30.3 Å². The number of para-hydroxylation sites is 1. The van der Waals surface area contributed by atoms with Crippen molar-refractivity contribution in [3.63, 3.8) is 0 Å². The highest BCUT2D eigenvalue weighted by Gasteiger charge is 2.16. The number of rotatable bonds is 7. The highest BCUT2D eigenvalue weighted by Crippen LogP contribution is 2.22. The van der Waals surface area contributed by atoms with E-state index in [1.165, 1.54) is 0 Å². The first-order valence-electron chi connectivity index (χ1n) is 9.21. The quantitative estimate of drug-likeness (QED) is 0.683. The Morgan fingerprint density at radius 3 is 2.61 bits per heavy atom. The van der Waals surface area contributed by atoms with Crippen molar-refractivity contribution < 1.29 is 9.53 Å². The van der Waals surface area contributed by atoms with Gasteiger partial charge in [0.15, 0.2) is 0 Å². The van der Waals surface area contributed by atoms with Crippen molar-refractivity contribution in [1.82, 2.24) is 14.7 Å². The molecule has 0 radical (unpaired) electrons. The summed E-state index contributed by atoms with van der Waals surface area (Å²) in [5.74, 6) is 0.749. The molecule has 1 N–H and O–H groups in total. The number of anilines is 1. The molecule has 3 aromatic rings. The van der Waals surface area contributed by atoms with Gasteiger partial charge in [0.1, 0.15) is 5.75 Å². The van der Waals surface area contributed by atoms with E-state index in [2.05, 4.69) is 10.4 Å². The predicted molar refractivity (Wildman–Crippen MR) is 111 cm³/mol. The Balaban J connectivity index is 1.65. The Morgan fingerprint density at radius 2 is 1.89 bits per heavy atom. The van der Waals surface area contributed by atoms with Crippen LogP contribution in [0, 0.1) is 13.8 Å².